The van der Waals surface area contributed by atoms with Crippen LogP contribution in [0.5, 0.6) is 0 Å². The van der Waals surface area contributed by atoms with Crippen molar-refractivity contribution in [1.82, 2.24) is 0 Å². The fraction of sp³-hybridized carbons (Fsp3) is 0.294. The Kier molecular flexibility index (Phi) is 4.58. The summed E-state index contributed by atoms with van der Waals surface area (Å²) in [4.78, 5) is 0. The van der Waals surface area contributed by atoms with Crippen LogP contribution in [0.1, 0.15) is 22.3 Å². The molecule has 19 heavy (non-hydrogen) atoms. The van der Waals surface area contributed by atoms with E-state index in [1.165, 1.54) is 27.9 Å². The monoisotopic (exact) mass is 255 g/mol. The summed E-state index contributed by atoms with van der Waals surface area (Å²) in [6.45, 7) is 5.79. The van der Waals surface area contributed by atoms with Crippen molar-refractivity contribution in [2.75, 3.05) is 12.4 Å². The molecule has 0 aliphatic carbocycles. The van der Waals surface area contributed by atoms with Gasteiger partial charge in [0.1, 0.15) is 0 Å². The van der Waals surface area contributed by atoms with Crippen LogP contribution in [-0.4, -0.2) is 7.11 Å². The van der Waals surface area contributed by atoms with E-state index in [1.54, 1.807) is 7.11 Å². The first-order valence-electron chi connectivity index (χ1n) is 6.57. The van der Waals surface area contributed by atoms with E-state index in [4.69, 9.17) is 4.74 Å². The van der Waals surface area contributed by atoms with Gasteiger partial charge in [-0.3, -0.25) is 0 Å². The Morgan fingerprint density at radius 2 is 1.74 bits per heavy atom. The van der Waals surface area contributed by atoms with Crippen molar-refractivity contribution in [3.63, 3.8) is 0 Å². The van der Waals surface area contributed by atoms with E-state index in [2.05, 4.69) is 61.6 Å². The summed E-state index contributed by atoms with van der Waals surface area (Å²) in [6, 6.07) is 14.8. The molecule has 0 aromatic heterocycles. The van der Waals surface area contributed by atoms with Gasteiger partial charge in [0.05, 0.1) is 6.61 Å². The quantitative estimate of drug-likeness (QED) is 0.870. The first-order valence-corrected chi connectivity index (χ1v) is 6.57. The van der Waals surface area contributed by atoms with E-state index in [0.717, 1.165) is 6.54 Å². The molecule has 0 saturated carbocycles. The van der Waals surface area contributed by atoms with E-state index >= 15 is 0 Å². The van der Waals surface area contributed by atoms with E-state index in [-0.39, 0.29) is 0 Å². The molecule has 2 rings (SSSR count). The van der Waals surface area contributed by atoms with Crippen molar-refractivity contribution >= 4 is 5.69 Å². The topological polar surface area (TPSA) is 21.3 Å². The molecule has 0 radical (unpaired) electrons. The maximum absolute atomic E-state index is 5.16. The van der Waals surface area contributed by atoms with Crippen molar-refractivity contribution in [3.05, 3.63) is 64.7 Å². The van der Waals surface area contributed by atoms with Gasteiger partial charge in [-0.1, -0.05) is 36.4 Å². The van der Waals surface area contributed by atoms with Gasteiger partial charge < -0.3 is 10.1 Å². The zero-order valence-corrected chi connectivity index (χ0v) is 11.9. The normalized spacial score (nSPS) is 10.5. The average molecular weight is 255 g/mol. The highest BCUT2D eigenvalue weighted by molar-refractivity contribution is 5.53. The van der Waals surface area contributed by atoms with Crippen LogP contribution in [0.15, 0.2) is 42.5 Å². The minimum Gasteiger partial charge on any atom is -0.381 e. The molecule has 0 heterocycles. The van der Waals surface area contributed by atoms with Gasteiger partial charge in [-0.05, 0) is 42.2 Å². The van der Waals surface area contributed by atoms with Gasteiger partial charge in [0.15, 0.2) is 0 Å². The molecular formula is C17H21NO. The Morgan fingerprint density at radius 1 is 1.00 bits per heavy atom. The maximum Gasteiger partial charge on any atom is 0.0713 e. The average Bonchev–Trinajstić information content (AvgIpc) is 2.41. The second-order valence-corrected chi connectivity index (χ2v) is 4.85. The molecular weight excluding hydrogens is 234 g/mol. The lowest BCUT2D eigenvalue weighted by Gasteiger charge is -2.12. The van der Waals surface area contributed by atoms with Gasteiger partial charge in [-0.2, -0.15) is 0 Å². The molecule has 2 aromatic carbocycles. The smallest absolute Gasteiger partial charge is 0.0713 e. The summed E-state index contributed by atoms with van der Waals surface area (Å²) < 4.78 is 5.16. The number of anilines is 1. The standard InChI is InChI=1S/C17H21NO/c1-13-6-4-9-17(14(13)2)18-11-15-7-5-8-16(10-15)12-19-3/h4-10,18H,11-12H2,1-3H3. The molecule has 0 bridgehead atoms. The predicted octanol–water partition coefficient (Wildman–Crippen LogP) is 4.06. The summed E-state index contributed by atoms with van der Waals surface area (Å²) in [5, 5.41) is 3.50. The molecule has 0 unspecified atom stereocenters. The highest BCUT2D eigenvalue weighted by atomic mass is 16.5. The second-order valence-electron chi connectivity index (χ2n) is 4.85. The minimum absolute atomic E-state index is 0.664. The molecule has 0 fully saturated rings. The Morgan fingerprint density at radius 3 is 2.53 bits per heavy atom. The van der Waals surface area contributed by atoms with Gasteiger partial charge in [-0.15, -0.1) is 0 Å². The highest BCUT2D eigenvalue weighted by Crippen LogP contribution is 2.19. The maximum atomic E-state index is 5.16. The molecule has 2 nitrogen and oxygen atoms in total. The third-order valence-corrected chi connectivity index (χ3v) is 3.39. The number of methoxy groups -OCH3 is 1. The van der Waals surface area contributed by atoms with Crippen molar-refractivity contribution in [3.8, 4) is 0 Å². The van der Waals surface area contributed by atoms with Gasteiger partial charge in [0.2, 0.25) is 0 Å². The molecule has 2 aromatic rings. The highest BCUT2D eigenvalue weighted by Gasteiger charge is 2.01. The Hall–Kier alpha value is -1.80. The third kappa shape index (κ3) is 3.58. The molecule has 0 aliphatic rings. The van der Waals surface area contributed by atoms with Crippen LogP contribution < -0.4 is 5.32 Å². The largest absolute Gasteiger partial charge is 0.381 e. The van der Waals surface area contributed by atoms with Crippen LogP contribution in [0.25, 0.3) is 0 Å². The van der Waals surface area contributed by atoms with Crippen molar-refractivity contribution < 1.29 is 4.74 Å². The Bertz CT molecular complexity index is 549. The Balaban J connectivity index is 2.06. The van der Waals surface area contributed by atoms with Gasteiger partial charge in [0, 0.05) is 19.3 Å². The van der Waals surface area contributed by atoms with E-state index in [0.29, 0.717) is 6.61 Å². The first kappa shape index (κ1) is 13.6. The van der Waals surface area contributed by atoms with Crippen molar-refractivity contribution in [2.45, 2.75) is 27.0 Å². The molecule has 2 heteroatoms. The van der Waals surface area contributed by atoms with E-state index in [1.807, 2.05) is 0 Å². The van der Waals surface area contributed by atoms with Gasteiger partial charge >= 0.3 is 0 Å². The SMILES string of the molecule is COCc1cccc(CNc2cccc(C)c2C)c1. The lowest BCUT2D eigenvalue weighted by Crippen LogP contribution is -2.02. The number of nitrogens with one attached hydrogen (secondary N) is 1. The van der Waals surface area contributed by atoms with Crippen LogP contribution in [0, 0.1) is 13.8 Å². The fourth-order valence-corrected chi connectivity index (χ4v) is 2.14. The van der Waals surface area contributed by atoms with Crippen LogP contribution in [0.2, 0.25) is 0 Å². The predicted molar refractivity (Wildman–Crippen MR) is 80.4 cm³/mol. The lowest BCUT2D eigenvalue weighted by atomic mass is 10.1. The molecule has 0 saturated heterocycles. The molecule has 100 valence electrons. The van der Waals surface area contributed by atoms with Crippen LogP contribution in [0.3, 0.4) is 0 Å². The molecule has 0 atom stereocenters. The second kappa shape index (κ2) is 6.39. The minimum atomic E-state index is 0.664. The zero-order valence-electron chi connectivity index (χ0n) is 11.9. The van der Waals surface area contributed by atoms with Crippen LogP contribution in [0.4, 0.5) is 5.69 Å². The first-order chi connectivity index (χ1) is 9.20. The summed E-state index contributed by atoms with van der Waals surface area (Å²) in [5.41, 5.74) is 6.32. The van der Waals surface area contributed by atoms with Gasteiger partial charge in [0.25, 0.3) is 0 Å². The van der Waals surface area contributed by atoms with E-state index < -0.39 is 0 Å². The number of hydrogen-bond donors (Lipinski definition) is 1. The molecule has 0 aliphatic heterocycles. The summed E-state index contributed by atoms with van der Waals surface area (Å²) in [5.74, 6) is 0. The lowest BCUT2D eigenvalue weighted by molar-refractivity contribution is 0.185. The van der Waals surface area contributed by atoms with Crippen molar-refractivity contribution in [1.29, 1.82) is 0 Å². The fourth-order valence-electron chi connectivity index (χ4n) is 2.14. The summed E-state index contributed by atoms with van der Waals surface area (Å²) in [7, 11) is 1.72. The van der Waals surface area contributed by atoms with Gasteiger partial charge in [-0.25, -0.2) is 0 Å². The van der Waals surface area contributed by atoms with Crippen molar-refractivity contribution in [2.24, 2.45) is 0 Å². The summed E-state index contributed by atoms with van der Waals surface area (Å²) in [6.07, 6.45) is 0. The Labute approximate surface area is 115 Å². The van der Waals surface area contributed by atoms with E-state index in [9.17, 15) is 0 Å². The number of ether oxygens (including phenoxy) is 1. The summed E-state index contributed by atoms with van der Waals surface area (Å²) >= 11 is 0. The molecule has 0 spiro atoms. The number of aryl methyl sites for hydroxylation is 1. The third-order valence-electron chi connectivity index (χ3n) is 3.39. The zero-order chi connectivity index (χ0) is 13.7. The number of benzene rings is 2. The molecule has 0 amide bonds. The van der Waals surface area contributed by atoms with Crippen LogP contribution in [-0.2, 0) is 17.9 Å². The van der Waals surface area contributed by atoms with Crippen LogP contribution >= 0.6 is 0 Å². The number of rotatable bonds is 5. The number of hydrogen-bond acceptors (Lipinski definition) is 2. The molecule has 1 N–H and O–H groups in total.